The molecule has 12 heteroatoms. The van der Waals surface area contributed by atoms with Crippen LogP contribution in [0.3, 0.4) is 0 Å². The molecule has 0 aromatic heterocycles. The number of allylic oxidation sites excluding steroid dienone is 1. The molecule has 2 heterocycles. The standard InChI is InChI=1S/C33H49BrO11/c1-9-41-23(13-34)45-27-20(35)10-17(6)19-11-21-31-14-42-33(40,29(31)30(19,27)8)26(37)18(7)24(31)25(28(38)43-21)44-22(36)12-32(39,15(2)3)16(4)5/h10,15-16,18-19,21,23-27,29,37,39-40H,9,11-14H2,1-8H3/t18?,19-,21+,23?,24?,25?,26+,27+,29?,30?,31-,33+/m0/s1. The summed E-state index contributed by atoms with van der Waals surface area (Å²) in [6.07, 6.45) is -3.99. The van der Waals surface area contributed by atoms with E-state index in [0.29, 0.717) is 18.4 Å². The number of rotatable bonds is 10. The molecule has 4 fully saturated rings. The summed E-state index contributed by atoms with van der Waals surface area (Å²) in [5.74, 6) is -7.35. The van der Waals surface area contributed by atoms with Crippen LogP contribution in [0.15, 0.2) is 11.6 Å². The molecule has 6 unspecified atom stereocenters. The van der Waals surface area contributed by atoms with Crippen molar-refractivity contribution in [1.82, 2.24) is 0 Å². The third-order valence-corrected chi connectivity index (χ3v) is 12.6. The van der Waals surface area contributed by atoms with Gasteiger partial charge in [0, 0.05) is 29.3 Å². The second kappa shape index (κ2) is 11.9. The lowest BCUT2D eigenvalue weighted by atomic mass is 9.38. The highest BCUT2D eigenvalue weighted by Gasteiger charge is 2.83. The summed E-state index contributed by atoms with van der Waals surface area (Å²) in [4.78, 5) is 41.0. The lowest BCUT2D eigenvalue weighted by Gasteiger charge is -2.68. The summed E-state index contributed by atoms with van der Waals surface area (Å²) >= 11 is 3.41. The first-order valence-electron chi connectivity index (χ1n) is 16.2. The van der Waals surface area contributed by atoms with E-state index in [1.807, 2.05) is 48.5 Å². The zero-order valence-electron chi connectivity index (χ0n) is 27.4. The van der Waals surface area contributed by atoms with Gasteiger partial charge in [0.1, 0.15) is 18.3 Å². The number of fused-ring (bicyclic) bond motifs is 1. The molecule has 12 atom stereocenters. The van der Waals surface area contributed by atoms with E-state index in [4.69, 9.17) is 23.7 Å². The van der Waals surface area contributed by atoms with Crippen molar-refractivity contribution in [3.63, 3.8) is 0 Å². The lowest BCUT2D eigenvalue weighted by molar-refractivity contribution is -0.345. The number of aliphatic hydroxyl groups excluding tert-OH is 1. The van der Waals surface area contributed by atoms with E-state index in [1.54, 1.807) is 6.92 Å². The Morgan fingerprint density at radius 3 is 2.44 bits per heavy atom. The molecule has 1 spiro atoms. The van der Waals surface area contributed by atoms with Crippen LogP contribution in [0.1, 0.15) is 68.2 Å². The van der Waals surface area contributed by atoms with Crippen molar-refractivity contribution in [3.8, 4) is 0 Å². The minimum atomic E-state index is -2.11. The number of aliphatic hydroxyl groups is 3. The van der Waals surface area contributed by atoms with Crippen molar-refractivity contribution >= 4 is 33.7 Å². The molecule has 0 aromatic rings. The Kier molecular flexibility index (Phi) is 9.25. The molecule has 45 heavy (non-hydrogen) atoms. The maximum Gasteiger partial charge on any atom is 0.348 e. The number of carbonyl (C=O) groups is 3. The van der Waals surface area contributed by atoms with E-state index >= 15 is 0 Å². The summed E-state index contributed by atoms with van der Waals surface area (Å²) in [6.45, 7) is 14.8. The van der Waals surface area contributed by atoms with Crippen molar-refractivity contribution in [3.05, 3.63) is 11.6 Å². The third kappa shape index (κ3) is 4.91. The van der Waals surface area contributed by atoms with Crippen molar-refractivity contribution in [2.45, 2.75) is 110 Å². The van der Waals surface area contributed by atoms with Crippen molar-refractivity contribution in [2.75, 3.05) is 18.5 Å². The minimum absolute atomic E-state index is 0.0898. The van der Waals surface area contributed by atoms with Crippen LogP contribution in [0.5, 0.6) is 0 Å². The lowest BCUT2D eigenvalue weighted by Crippen LogP contribution is -2.78. The number of esters is 2. The van der Waals surface area contributed by atoms with Crippen LogP contribution >= 0.6 is 15.9 Å². The van der Waals surface area contributed by atoms with E-state index in [1.165, 1.54) is 6.08 Å². The van der Waals surface area contributed by atoms with Crippen LogP contribution in [0, 0.1) is 46.3 Å². The third-order valence-electron chi connectivity index (χ3n) is 12.0. The first-order valence-corrected chi connectivity index (χ1v) is 17.3. The van der Waals surface area contributed by atoms with Gasteiger partial charge in [-0.1, -0.05) is 63.0 Å². The summed E-state index contributed by atoms with van der Waals surface area (Å²) in [7, 11) is 0. The quantitative estimate of drug-likeness (QED) is 0.175. The first kappa shape index (κ1) is 34.9. The van der Waals surface area contributed by atoms with Crippen LogP contribution in [0.4, 0.5) is 0 Å². The van der Waals surface area contributed by atoms with Gasteiger partial charge in [0.2, 0.25) is 6.10 Å². The molecule has 2 saturated heterocycles. The predicted molar refractivity (Wildman–Crippen MR) is 164 cm³/mol. The van der Waals surface area contributed by atoms with Gasteiger partial charge in [-0.05, 0) is 50.0 Å². The minimum Gasteiger partial charge on any atom is -0.459 e. The van der Waals surface area contributed by atoms with Gasteiger partial charge in [0.05, 0.1) is 24.0 Å². The summed E-state index contributed by atoms with van der Waals surface area (Å²) in [5, 5.41) is 35.7. The van der Waals surface area contributed by atoms with E-state index in [2.05, 4.69) is 15.9 Å². The fourth-order valence-electron chi connectivity index (χ4n) is 9.88. The number of hydrogen-bond acceptors (Lipinski definition) is 11. The highest BCUT2D eigenvalue weighted by Crippen LogP contribution is 2.74. The number of alkyl halides is 1. The Bertz CT molecular complexity index is 1230. The Morgan fingerprint density at radius 2 is 1.87 bits per heavy atom. The highest BCUT2D eigenvalue weighted by atomic mass is 79.9. The maximum atomic E-state index is 13.8. The predicted octanol–water partition coefficient (Wildman–Crippen LogP) is 2.90. The Labute approximate surface area is 273 Å². The van der Waals surface area contributed by atoms with E-state index in [9.17, 15) is 29.7 Å². The normalized spacial score (nSPS) is 43.0. The summed E-state index contributed by atoms with van der Waals surface area (Å²) in [6, 6.07) is 0. The van der Waals surface area contributed by atoms with Crippen LogP contribution < -0.4 is 0 Å². The monoisotopic (exact) mass is 700 g/mol. The van der Waals surface area contributed by atoms with Gasteiger partial charge in [0.25, 0.3) is 0 Å². The molecule has 3 N–H and O–H groups in total. The van der Waals surface area contributed by atoms with E-state index < -0.39 is 82.6 Å². The van der Waals surface area contributed by atoms with Gasteiger partial charge in [-0.15, -0.1) is 0 Å². The molecule has 5 rings (SSSR count). The molecule has 0 aromatic carbocycles. The maximum absolute atomic E-state index is 13.8. The summed E-state index contributed by atoms with van der Waals surface area (Å²) in [5.41, 5.74) is -2.88. The number of ketones is 1. The second-order valence-corrected chi connectivity index (χ2v) is 15.4. The van der Waals surface area contributed by atoms with Gasteiger partial charge in [-0.3, -0.25) is 9.59 Å². The summed E-state index contributed by atoms with van der Waals surface area (Å²) < 4.78 is 30.4. The average molecular weight is 702 g/mol. The Hall–Kier alpha value is -1.41. The van der Waals surface area contributed by atoms with E-state index in [0.717, 1.165) is 5.57 Å². The molecule has 0 amide bonds. The topological polar surface area (TPSA) is 158 Å². The number of carbonyl (C=O) groups excluding carboxylic acids is 3. The van der Waals surface area contributed by atoms with Crippen molar-refractivity contribution in [2.24, 2.45) is 46.3 Å². The molecular formula is C33H49BrO11. The molecule has 2 bridgehead atoms. The molecule has 5 aliphatic rings. The largest absolute Gasteiger partial charge is 0.459 e. The molecule has 11 nitrogen and oxygen atoms in total. The van der Waals surface area contributed by atoms with Gasteiger partial charge < -0.3 is 39.0 Å². The van der Waals surface area contributed by atoms with E-state index in [-0.39, 0.29) is 36.6 Å². The van der Waals surface area contributed by atoms with Crippen LogP contribution in [0.2, 0.25) is 0 Å². The van der Waals surface area contributed by atoms with Gasteiger partial charge in [-0.25, -0.2) is 4.79 Å². The highest BCUT2D eigenvalue weighted by molar-refractivity contribution is 9.09. The Balaban J connectivity index is 1.61. The fourth-order valence-corrected chi connectivity index (χ4v) is 10.2. The van der Waals surface area contributed by atoms with Gasteiger partial charge in [0.15, 0.2) is 17.9 Å². The molecule has 3 aliphatic carbocycles. The number of hydrogen-bond donors (Lipinski definition) is 3. The van der Waals surface area contributed by atoms with Crippen LogP contribution in [-0.2, 0) is 38.1 Å². The van der Waals surface area contributed by atoms with Crippen molar-refractivity contribution < 1.29 is 53.4 Å². The molecule has 254 valence electrons. The second-order valence-electron chi connectivity index (χ2n) is 14.7. The van der Waals surface area contributed by atoms with Crippen LogP contribution in [-0.4, -0.2) is 93.7 Å². The Morgan fingerprint density at radius 1 is 1.22 bits per heavy atom. The van der Waals surface area contributed by atoms with Crippen molar-refractivity contribution in [1.29, 1.82) is 0 Å². The molecular weight excluding hydrogens is 652 g/mol. The molecule has 0 radical (unpaired) electrons. The zero-order chi connectivity index (χ0) is 33.4. The number of halogens is 1. The smallest absolute Gasteiger partial charge is 0.348 e. The molecule has 2 aliphatic heterocycles. The van der Waals surface area contributed by atoms with Gasteiger partial charge in [-0.2, -0.15) is 0 Å². The zero-order valence-corrected chi connectivity index (χ0v) is 29.0. The molecule has 2 saturated carbocycles. The van der Waals surface area contributed by atoms with Gasteiger partial charge >= 0.3 is 11.9 Å². The first-order chi connectivity index (χ1) is 20.9. The number of ether oxygens (including phenoxy) is 5. The average Bonchev–Trinajstić information content (AvgIpc) is 3.25. The SMILES string of the molecule is CCOC(CBr)O[C@@H]1C(=O)C=C(C)[C@@H]2C[C@H]3OC(=O)C(OC(=O)CC(O)(C(C)C)C(C)C)C4C(C)[C@@H](O)[C@@]5(O)OC[C@@]43C5C12C. The fraction of sp³-hybridized carbons (Fsp3) is 0.848. The van der Waals surface area contributed by atoms with Crippen LogP contribution in [0.25, 0.3) is 0 Å².